The molecule has 0 heterocycles. The first-order valence-corrected chi connectivity index (χ1v) is 5.01. The molecule has 0 unspecified atom stereocenters. The second-order valence-corrected chi connectivity index (χ2v) is 3.33. The van der Waals surface area contributed by atoms with Crippen molar-refractivity contribution >= 4 is 30.3 Å². The van der Waals surface area contributed by atoms with Gasteiger partial charge < -0.3 is 4.74 Å². The Labute approximate surface area is 92.9 Å². The molecule has 1 nitrogen and oxygen atoms in total. The molecule has 0 saturated heterocycles. The second kappa shape index (κ2) is 5.27. The predicted molar refractivity (Wildman–Crippen MR) is 60.8 cm³/mol. The predicted octanol–water partition coefficient (Wildman–Crippen LogP) is 3.43. The van der Waals surface area contributed by atoms with Crippen molar-refractivity contribution in [2.45, 2.75) is 0 Å². The number of ether oxygens (including phenoxy) is 1. The Morgan fingerprint density at radius 2 is 2.29 bits per heavy atom. The van der Waals surface area contributed by atoms with Crippen molar-refractivity contribution in [1.29, 1.82) is 0 Å². The van der Waals surface area contributed by atoms with Crippen LogP contribution in [0, 0.1) is 5.82 Å². The summed E-state index contributed by atoms with van der Waals surface area (Å²) in [5, 5.41) is 0.362. The van der Waals surface area contributed by atoms with Crippen molar-refractivity contribution in [3.8, 4) is 5.75 Å². The van der Waals surface area contributed by atoms with Gasteiger partial charge >= 0.3 is 0 Å². The second-order valence-electron chi connectivity index (χ2n) is 2.56. The highest BCUT2D eigenvalue weighted by molar-refractivity contribution is 7.80. The molecule has 14 heavy (non-hydrogen) atoms. The molecule has 1 aromatic carbocycles. The zero-order valence-electron chi connectivity index (χ0n) is 7.63. The van der Waals surface area contributed by atoms with E-state index in [1.807, 2.05) is 0 Å². The summed E-state index contributed by atoms with van der Waals surface area (Å²) in [4.78, 5) is 0. The van der Waals surface area contributed by atoms with Crippen LogP contribution in [0.4, 0.5) is 4.39 Å². The molecule has 0 bridgehead atoms. The van der Waals surface area contributed by atoms with Crippen LogP contribution in [0.25, 0.3) is 6.08 Å². The number of benzene rings is 1. The van der Waals surface area contributed by atoms with Gasteiger partial charge in [-0.1, -0.05) is 23.8 Å². The summed E-state index contributed by atoms with van der Waals surface area (Å²) in [6.07, 6.45) is 3.31. The molecule has 0 aromatic heterocycles. The van der Waals surface area contributed by atoms with Crippen LogP contribution in [-0.4, -0.2) is 12.9 Å². The maximum absolute atomic E-state index is 13.6. The first-order valence-electron chi connectivity index (χ1n) is 4.00. The molecule has 1 aromatic rings. The van der Waals surface area contributed by atoms with Crippen molar-refractivity contribution in [2.24, 2.45) is 0 Å². The SMILES string of the molecule is COc1ccc(Cl)c(C=CCS)c1F. The molecule has 4 heteroatoms. The lowest BCUT2D eigenvalue weighted by Gasteiger charge is -2.05. The first kappa shape index (κ1) is 11.4. The molecule has 0 saturated carbocycles. The van der Waals surface area contributed by atoms with Crippen molar-refractivity contribution in [3.05, 3.63) is 34.6 Å². The summed E-state index contributed by atoms with van der Waals surface area (Å²) < 4.78 is 18.4. The van der Waals surface area contributed by atoms with Gasteiger partial charge in [0, 0.05) is 11.3 Å². The maximum Gasteiger partial charge on any atom is 0.173 e. The van der Waals surface area contributed by atoms with Gasteiger partial charge in [0.05, 0.1) is 12.1 Å². The molecule has 0 amide bonds. The zero-order valence-corrected chi connectivity index (χ0v) is 9.28. The highest BCUT2D eigenvalue weighted by Crippen LogP contribution is 2.27. The Morgan fingerprint density at radius 1 is 1.57 bits per heavy atom. The summed E-state index contributed by atoms with van der Waals surface area (Å²) in [5.41, 5.74) is 0.333. The fourth-order valence-corrected chi connectivity index (χ4v) is 1.34. The number of hydrogen-bond acceptors (Lipinski definition) is 2. The van der Waals surface area contributed by atoms with Gasteiger partial charge in [-0.15, -0.1) is 0 Å². The first-order chi connectivity index (χ1) is 6.70. The normalized spacial score (nSPS) is 10.9. The summed E-state index contributed by atoms with van der Waals surface area (Å²) in [5.74, 6) is 0.277. The molecule has 0 spiro atoms. The topological polar surface area (TPSA) is 9.23 Å². The van der Waals surface area contributed by atoms with E-state index in [0.29, 0.717) is 16.3 Å². The Balaban J connectivity index is 3.18. The smallest absolute Gasteiger partial charge is 0.173 e. The van der Waals surface area contributed by atoms with Gasteiger partial charge in [0.15, 0.2) is 11.6 Å². The number of hydrogen-bond donors (Lipinski definition) is 1. The van der Waals surface area contributed by atoms with Crippen molar-refractivity contribution in [2.75, 3.05) is 12.9 Å². The monoisotopic (exact) mass is 232 g/mol. The van der Waals surface area contributed by atoms with Crippen LogP contribution >= 0.6 is 24.2 Å². The van der Waals surface area contributed by atoms with Gasteiger partial charge in [0.25, 0.3) is 0 Å². The number of thiol groups is 1. The summed E-state index contributed by atoms with van der Waals surface area (Å²) in [6.45, 7) is 0. The lowest BCUT2D eigenvalue weighted by molar-refractivity contribution is 0.386. The van der Waals surface area contributed by atoms with Crippen LogP contribution in [0.15, 0.2) is 18.2 Å². The van der Waals surface area contributed by atoms with Crippen LogP contribution in [0.5, 0.6) is 5.75 Å². The molecular formula is C10H10ClFOS. The fourth-order valence-electron chi connectivity index (χ4n) is 1.03. The molecule has 0 fully saturated rings. The number of methoxy groups -OCH3 is 1. The van der Waals surface area contributed by atoms with Crippen LogP contribution in [-0.2, 0) is 0 Å². The third-order valence-corrected chi connectivity index (χ3v) is 2.24. The van der Waals surface area contributed by atoms with Gasteiger partial charge in [-0.05, 0) is 12.1 Å². The van der Waals surface area contributed by atoms with Crippen LogP contribution in [0.3, 0.4) is 0 Å². The van der Waals surface area contributed by atoms with Gasteiger partial charge in [0.1, 0.15) is 0 Å². The molecule has 0 atom stereocenters. The molecule has 76 valence electrons. The fraction of sp³-hybridized carbons (Fsp3) is 0.200. The van der Waals surface area contributed by atoms with E-state index in [-0.39, 0.29) is 5.75 Å². The van der Waals surface area contributed by atoms with Crippen molar-refractivity contribution in [1.82, 2.24) is 0 Å². The molecule has 1 rings (SSSR count). The Bertz CT molecular complexity index is 352. The quantitative estimate of drug-likeness (QED) is 0.786. The Hall–Kier alpha value is -0.670. The minimum absolute atomic E-state index is 0.188. The lowest BCUT2D eigenvalue weighted by Crippen LogP contribution is -1.91. The van der Waals surface area contributed by atoms with E-state index in [4.69, 9.17) is 16.3 Å². The van der Waals surface area contributed by atoms with E-state index >= 15 is 0 Å². The third kappa shape index (κ3) is 2.42. The average molecular weight is 233 g/mol. The molecule has 0 N–H and O–H groups in total. The minimum atomic E-state index is -0.446. The van der Waals surface area contributed by atoms with Gasteiger partial charge in [-0.25, -0.2) is 4.39 Å². The minimum Gasteiger partial charge on any atom is -0.494 e. The van der Waals surface area contributed by atoms with Gasteiger partial charge in [0.2, 0.25) is 0 Å². The van der Waals surface area contributed by atoms with Crippen LogP contribution in [0.1, 0.15) is 5.56 Å². The van der Waals surface area contributed by atoms with Gasteiger partial charge in [-0.2, -0.15) is 12.6 Å². The van der Waals surface area contributed by atoms with Crippen LogP contribution in [0.2, 0.25) is 5.02 Å². The maximum atomic E-state index is 13.6. The van der Waals surface area contributed by atoms with E-state index in [2.05, 4.69) is 12.6 Å². The zero-order chi connectivity index (χ0) is 10.6. The van der Waals surface area contributed by atoms with Crippen molar-refractivity contribution in [3.63, 3.8) is 0 Å². The van der Waals surface area contributed by atoms with E-state index in [1.165, 1.54) is 13.2 Å². The number of halogens is 2. The summed E-state index contributed by atoms with van der Waals surface area (Å²) in [7, 11) is 1.42. The van der Waals surface area contributed by atoms with Gasteiger partial charge in [-0.3, -0.25) is 0 Å². The van der Waals surface area contributed by atoms with E-state index in [0.717, 1.165) is 0 Å². The van der Waals surface area contributed by atoms with E-state index < -0.39 is 5.82 Å². The van der Waals surface area contributed by atoms with E-state index in [1.54, 1.807) is 18.2 Å². The highest BCUT2D eigenvalue weighted by Gasteiger charge is 2.09. The Morgan fingerprint density at radius 3 is 2.86 bits per heavy atom. The number of rotatable bonds is 3. The molecular weight excluding hydrogens is 223 g/mol. The molecule has 0 aliphatic heterocycles. The van der Waals surface area contributed by atoms with Crippen LogP contribution < -0.4 is 4.74 Å². The Kier molecular flexibility index (Phi) is 4.29. The average Bonchev–Trinajstić information content (AvgIpc) is 2.18. The molecule has 0 radical (unpaired) electrons. The lowest BCUT2D eigenvalue weighted by atomic mass is 10.2. The third-order valence-electron chi connectivity index (χ3n) is 1.70. The standard InChI is InChI=1S/C10H10ClFOS/c1-13-9-5-4-8(11)7(10(9)12)3-2-6-14/h2-5,14H,6H2,1H3. The largest absolute Gasteiger partial charge is 0.494 e. The highest BCUT2D eigenvalue weighted by atomic mass is 35.5. The summed E-state index contributed by atoms with van der Waals surface area (Å²) in [6, 6.07) is 3.09. The molecule has 0 aliphatic rings. The summed E-state index contributed by atoms with van der Waals surface area (Å²) >= 11 is 9.81. The van der Waals surface area contributed by atoms with E-state index in [9.17, 15) is 4.39 Å². The molecule has 0 aliphatic carbocycles. The van der Waals surface area contributed by atoms with Crippen molar-refractivity contribution < 1.29 is 9.13 Å².